The van der Waals surface area contributed by atoms with E-state index < -0.39 is 0 Å². The number of benzene rings is 9. The van der Waals surface area contributed by atoms with Gasteiger partial charge < -0.3 is 18.3 Å². The molecule has 4 heteroatoms. The molecule has 0 saturated heterocycles. The number of aromatic nitrogens is 4. The Morgan fingerprint density at radius 2 is 0.600 bits per heavy atom. The summed E-state index contributed by atoms with van der Waals surface area (Å²) in [5.41, 5.74) is 15.1. The largest absolute Gasteiger partial charge is 0.309 e. The van der Waals surface area contributed by atoms with Gasteiger partial charge in [0.15, 0.2) is 0 Å². The summed E-state index contributed by atoms with van der Waals surface area (Å²) in [6, 6.07) is 76.4. The van der Waals surface area contributed by atoms with E-state index in [0.717, 1.165) is 40.3 Å². The molecule has 1 atom stereocenters. The first kappa shape index (κ1) is 36.2. The SMILES string of the molecule is CC1C=c2c(c3ccccc3n2-c2cc(-c3cc(-n4c5ccccc5c5ccccc54)cc(-n4c5ccccc5c5ccccc54)c3)cc(-n3c4ccccc4c4ccccc43)c2)=CC1. The predicted octanol–water partition coefficient (Wildman–Crippen LogP) is 14.2. The van der Waals surface area contributed by atoms with Crippen molar-refractivity contribution in [2.45, 2.75) is 13.3 Å². The highest BCUT2D eigenvalue weighted by molar-refractivity contribution is 6.12. The average molecular weight is 831 g/mol. The summed E-state index contributed by atoms with van der Waals surface area (Å²) in [5.74, 6) is 0.433. The van der Waals surface area contributed by atoms with E-state index in [9.17, 15) is 0 Å². The zero-order valence-corrected chi connectivity index (χ0v) is 35.9. The second kappa shape index (κ2) is 13.8. The van der Waals surface area contributed by atoms with Crippen molar-refractivity contribution in [3.63, 3.8) is 0 Å². The number of hydrogen-bond acceptors (Lipinski definition) is 0. The molecule has 306 valence electrons. The van der Waals surface area contributed by atoms with Gasteiger partial charge in [-0.05, 0) is 102 Å². The van der Waals surface area contributed by atoms with Crippen LogP contribution in [0.2, 0.25) is 0 Å². The first-order valence-corrected chi connectivity index (χ1v) is 22.7. The van der Waals surface area contributed by atoms with Crippen molar-refractivity contribution in [3.8, 4) is 33.9 Å². The maximum absolute atomic E-state index is 2.52. The molecule has 0 bridgehead atoms. The van der Waals surface area contributed by atoms with Crippen LogP contribution in [0.5, 0.6) is 0 Å². The third-order valence-corrected chi connectivity index (χ3v) is 14.0. The highest BCUT2D eigenvalue weighted by atomic mass is 15.0. The van der Waals surface area contributed by atoms with Crippen LogP contribution in [-0.4, -0.2) is 18.3 Å². The van der Waals surface area contributed by atoms with Crippen molar-refractivity contribution in [3.05, 3.63) is 217 Å². The molecular weight excluding hydrogens is 789 g/mol. The zero-order chi connectivity index (χ0) is 42.8. The fourth-order valence-corrected chi connectivity index (χ4v) is 11.2. The van der Waals surface area contributed by atoms with Crippen molar-refractivity contribution in [2.24, 2.45) is 5.92 Å². The second-order valence-corrected chi connectivity index (χ2v) is 17.8. The molecule has 4 aromatic heterocycles. The molecule has 1 aliphatic carbocycles. The maximum atomic E-state index is 2.52. The van der Waals surface area contributed by atoms with Gasteiger partial charge in [0, 0.05) is 65.7 Å². The number of rotatable bonds is 5. The maximum Gasteiger partial charge on any atom is 0.0541 e. The first-order valence-electron chi connectivity index (χ1n) is 22.7. The van der Waals surface area contributed by atoms with Gasteiger partial charge in [0.05, 0.1) is 44.0 Å². The van der Waals surface area contributed by atoms with Crippen LogP contribution in [0.1, 0.15) is 13.3 Å². The lowest BCUT2D eigenvalue weighted by molar-refractivity contribution is 0.792. The Morgan fingerprint density at radius 3 is 0.938 bits per heavy atom. The lowest BCUT2D eigenvalue weighted by Crippen LogP contribution is -2.32. The number of para-hydroxylation sites is 7. The molecule has 0 N–H and O–H groups in total. The molecule has 0 radical (unpaired) electrons. The van der Waals surface area contributed by atoms with Crippen molar-refractivity contribution in [1.29, 1.82) is 0 Å². The van der Waals surface area contributed by atoms with Crippen LogP contribution in [0.15, 0.2) is 206 Å². The summed E-state index contributed by atoms with van der Waals surface area (Å²) in [4.78, 5) is 0. The van der Waals surface area contributed by atoms with Gasteiger partial charge in [-0.2, -0.15) is 0 Å². The Kier molecular flexibility index (Phi) is 7.70. The predicted molar refractivity (Wildman–Crippen MR) is 274 cm³/mol. The number of nitrogens with zero attached hydrogens (tertiary/aromatic N) is 4. The highest BCUT2D eigenvalue weighted by Crippen LogP contribution is 2.40. The molecule has 0 aliphatic heterocycles. The minimum atomic E-state index is 0.433. The van der Waals surface area contributed by atoms with Gasteiger partial charge in [0.25, 0.3) is 0 Å². The molecule has 14 rings (SSSR count). The Balaban J connectivity index is 1.13. The van der Waals surface area contributed by atoms with E-state index >= 15 is 0 Å². The zero-order valence-electron chi connectivity index (χ0n) is 35.9. The van der Waals surface area contributed by atoms with Gasteiger partial charge in [0.2, 0.25) is 0 Å². The fourth-order valence-electron chi connectivity index (χ4n) is 11.2. The van der Waals surface area contributed by atoms with E-state index in [1.165, 1.54) is 86.9 Å². The topological polar surface area (TPSA) is 19.7 Å². The van der Waals surface area contributed by atoms with Crippen LogP contribution in [-0.2, 0) is 0 Å². The molecule has 0 amide bonds. The molecular formula is C61H42N4. The van der Waals surface area contributed by atoms with Crippen LogP contribution in [0.4, 0.5) is 0 Å². The monoisotopic (exact) mass is 830 g/mol. The van der Waals surface area contributed by atoms with Crippen LogP contribution in [0, 0.1) is 5.92 Å². The fraction of sp³-hybridized carbons (Fsp3) is 0.0492. The second-order valence-electron chi connectivity index (χ2n) is 17.8. The molecule has 0 spiro atoms. The Bertz CT molecular complexity index is 3950. The Morgan fingerprint density at radius 1 is 0.323 bits per heavy atom. The minimum Gasteiger partial charge on any atom is -0.309 e. The molecule has 4 nitrogen and oxygen atoms in total. The molecule has 1 aliphatic rings. The first-order chi connectivity index (χ1) is 32.2. The average Bonchev–Trinajstić information content (AvgIpc) is 4.09. The van der Waals surface area contributed by atoms with Crippen LogP contribution >= 0.6 is 0 Å². The molecule has 0 saturated carbocycles. The summed E-state index contributed by atoms with van der Waals surface area (Å²) >= 11 is 0. The van der Waals surface area contributed by atoms with Gasteiger partial charge in [-0.15, -0.1) is 0 Å². The van der Waals surface area contributed by atoms with Crippen molar-refractivity contribution >= 4 is 88.5 Å². The van der Waals surface area contributed by atoms with E-state index in [0.29, 0.717) is 5.92 Å². The van der Waals surface area contributed by atoms with Gasteiger partial charge in [-0.3, -0.25) is 0 Å². The van der Waals surface area contributed by atoms with E-state index in [4.69, 9.17) is 0 Å². The van der Waals surface area contributed by atoms with E-state index in [-0.39, 0.29) is 0 Å². The summed E-state index contributed by atoms with van der Waals surface area (Å²) in [7, 11) is 0. The third kappa shape index (κ3) is 5.31. The summed E-state index contributed by atoms with van der Waals surface area (Å²) < 4.78 is 9.91. The molecule has 0 fully saturated rings. The minimum absolute atomic E-state index is 0.433. The quantitative estimate of drug-likeness (QED) is 0.165. The molecule has 9 aromatic carbocycles. The van der Waals surface area contributed by atoms with Gasteiger partial charge >= 0.3 is 0 Å². The normalized spacial score (nSPS) is 14.0. The van der Waals surface area contributed by atoms with Crippen LogP contribution in [0.3, 0.4) is 0 Å². The van der Waals surface area contributed by atoms with Gasteiger partial charge in [0.1, 0.15) is 0 Å². The molecule has 13 aromatic rings. The highest BCUT2D eigenvalue weighted by Gasteiger charge is 2.21. The van der Waals surface area contributed by atoms with Crippen molar-refractivity contribution in [1.82, 2.24) is 18.3 Å². The van der Waals surface area contributed by atoms with Gasteiger partial charge in [-0.25, -0.2) is 0 Å². The van der Waals surface area contributed by atoms with Crippen LogP contribution < -0.4 is 10.6 Å². The van der Waals surface area contributed by atoms with Crippen molar-refractivity contribution < 1.29 is 0 Å². The molecule has 65 heavy (non-hydrogen) atoms. The molecule has 1 unspecified atom stereocenters. The summed E-state index contributed by atoms with van der Waals surface area (Å²) in [5, 5.41) is 11.3. The van der Waals surface area contributed by atoms with Gasteiger partial charge in [-0.1, -0.05) is 146 Å². The third-order valence-electron chi connectivity index (χ3n) is 14.0. The lowest BCUT2D eigenvalue weighted by atomic mass is 10.0. The summed E-state index contributed by atoms with van der Waals surface area (Å²) in [6.45, 7) is 2.33. The van der Waals surface area contributed by atoms with E-state index in [1.807, 2.05) is 0 Å². The standard InChI is InChI=1S/C61H42N4/c1-39-30-31-53-52-22-8-15-29-60(52)65(61(53)32-39)45-36-41(35-44(38-45)64-58-27-13-6-20-50(58)51-21-7-14-28-59(51)64)40-33-42(62-54-23-9-2-16-46(54)47-17-3-10-24-55(47)62)37-43(34-40)63-56-25-11-4-18-48(56)49-19-5-12-26-57(49)63/h2-29,31-39H,30H2,1H3. The number of hydrogen-bond donors (Lipinski definition) is 0. The van der Waals surface area contributed by atoms with Crippen LogP contribution in [0.25, 0.3) is 122 Å². The number of fused-ring (bicyclic) bond motifs is 12. The van der Waals surface area contributed by atoms with E-state index in [2.05, 4.69) is 244 Å². The summed E-state index contributed by atoms with van der Waals surface area (Å²) in [6.07, 6.45) is 5.96. The lowest BCUT2D eigenvalue weighted by Gasteiger charge is -2.19. The van der Waals surface area contributed by atoms with Crippen molar-refractivity contribution in [2.75, 3.05) is 0 Å². The smallest absolute Gasteiger partial charge is 0.0541 e. The molecule has 4 heterocycles. The Hall–Kier alpha value is -8.34. The van der Waals surface area contributed by atoms with E-state index in [1.54, 1.807) is 0 Å². The Labute approximate surface area is 375 Å².